The van der Waals surface area contributed by atoms with Crippen LogP contribution in [-0.2, 0) is 6.54 Å². The van der Waals surface area contributed by atoms with Crippen molar-refractivity contribution in [1.82, 2.24) is 9.80 Å². The van der Waals surface area contributed by atoms with Crippen molar-refractivity contribution in [2.75, 3.05) is 33.4 Å². The summed E-state index contributed by atoms with van der Waals surface area (Å²) >= 11 is 0. The molecule has 1 aromatic carbocycles. The number of hydrogen-bond donors (Lipinski definition) is 0. The van der Waals surface area contributed by atoms with Gasteiger partial charge in [0, 0.05) is 31.7 Å². The van der Waals surface area contributed by atoms with Crippen molar-refractivity contribution in [3.63, 3.8) is 0 Å². The van der Waals surface area contributed by atoms with Crippen LogP contribution in [0.25, 0.3) is 0 Å². The number of benzene rings is 1. The van der Waals surface area contributed by atoms with Crippen LogP contribution in [0.1, 0.15) is 32.3 Å². The van der Waals surface area contributed by atoms with Gasteiger partial charge < -0.3 is 9.47 Å². The van der Waals surface area contributed by atoms with Crippen LogP contribution in [0, 0.1) is 0 Å². The third-order valence-corrected chi connectivity index (χ3v) is 4.98. The third kappa shape index (κ3) is 3.23. The molecule has 0 bridgehead atoms. The molecule has 0 saturated carbocycles. The molecule has 0 unspecified atom stereocenters. The van der Waals surface area contributed by atoms with E-state index in [1.807, 2.05) is 13.0 Å². The van der Waals surface area contributed by atoms with Crippen LogP contribution in [0.2, 0.25) is 0 Å². The van der Waals surface area contributed by atoms with E-state index in [1.165, 1.54) is 38.0 Å². The number of fused-ring (bicyclic) bond motifs is 1. The quantitative estimate of drug-likeness (QED) is 0.835. The Morgan fingerprint density at radius 1 is 1.23 bits per heavy atom. The van der Waals surface area contributed by atoms with Gasteiger partial charge in [-0.05, 0) is 50.9 Å². The molecule has 2 saturated heterocycles. The van der Waals surface area contributed by atoms with E-state index < -0.39 is 0 Å². The number of rotatable bonds is 5. The lowest BCUT2D eigenvalue weighted by Crippen LogP contribution is -2.54. The molecule has 2 aliphatic rings. The van der Waals surface area contributed by atoms with Gasteiger partial charge in [-0.3, -0.25) is 9.80 Å². The third-order valence-electron chi connectivity index (χ3n) is 4.98. The molecule has 4 nitrogen and oxygen atoms in total. The molecule has 0 spiro atoms. The second-order valence-electron chi connectivity index (χ2n) is 6.49. The van der Waals surface area contributed by atoms with E-state index in [0.717, 1.165) is 24.1 Å². The average Bonchev–Trinajstić information content (AvgIpc) is 2.95. The Bertz CT molecular complexity index is 506. The minimum absolute atomic E-state index is 0.618. The first kappa shape index (κ1) is 15.6. The highest BCUT2D eigenvalue weighted by Crippen LogP contribution is 2.30. The van der Waals surface area contributed by atoms with Gasteiger partial charge >= 0.3 is 0 Å². The maximum Gasteiger partial charge on any atom is 0.161 e. The summed E-state index contributed by atoms with van der Waals surface area (Å²) in [5, 5.41) is 0. The van der Waals surface area contributed by atoms with E-state index in [9.17, 15) is 0 Å². The van der Waals surface area contributed by atoms with Crippen LogP contribution in [0.4, 0.5) is 0 Å². The molecule has 0 radical (unpaired) electrons. The summed E-state index contributed by atoms with van der Waals surface area (Å²) in [6.45, 7) is 9.71. The number of piperazine rings is 1. The second-order valence-corrected chi connectivity index (χ2v) is 6.49. The largest absolute Gasteiger partial charge is 0.493 e. The summed E-state index contributed by atoms with van der Waals surface area (Å²) in [4.78, 5) is 5.28. The van der Waals surface area contributed by atoms with Crippen molar-refractivity contribution < 1.29 is 9.47 Å². The lowest BCUT2D eigenvalue weighted by molar-refractivity contribution is 0.0540. The van der Waals surface area contributed by atoms with Crippen LogP contribution < -0.4 is 9.47 Å². The summed E-state index contributed by atoms with van der Waals surface area (Å²) in [7, 11) is 1.69. The minimum atomic E-state index is 0.618. The van der Waals surface area contributed by atoms with Crippen molar-refractivity contribution in [2.24, 2.45) is 0 Å². The Balaban J connectivity index is 1.70. The van der Waals surface area contributed by atoms with E-state index >= 15 is 0 Å². The highest BCUT2D eigenvalue weighted by molar-refractivity contribution is 5.43. The van der Waals surface area contributed by atoms with Crippen molar-refractivity contribution in [3.05, 3.63) is 23.8 Å². The predicted octanol–water partition coefficient (Wildman–Crippen LogP) is 2.76. The Kier molecular flexibility index (Phi) is 4.89. The van der Waals surface area contributed by atoms with Crippen LogP contribution in [0.5, 0.6) is 11.5 Å². The zero-order valence-corrected chi connectivity index (χ0v) is 14.0. The van der Waals surface area contributed by atoms with Gasteiger partial charge in [-0.25, -0.2) is 0 Å². The molecule has 0 amide bonds. The van der Waals surface area contributed by atoms with Crippen LogP contribution in [0.15, 0.2) is 18.2 Å². The molecular weight excluding hydrogens is 276 g/mol. The maximum absolute atomic E-state index is 5.70. The SMILES string of the molecule is CCOc1cc(CN2C[C@H]3CCCN3C[C@@H]2C)ccc1OC. The summed E-state index contributed by atoms with van der Waals surface area (Å²) in [6.07, 6.45) is 2.72. The molecule has 0 aliphatic carbocycles. The fourth-order valence-electron chi connectivity index (χ4n) is 3.79. The molecule has 2 atom stereocenters. The van der Waals surface area contributed by atoms with Crippen molar-refractivity contribution in [3.8, 4) is 11.5 Å². The molecule has 2 fully saturated rings. The standard InChI is InChI=1S/C18H28N2O2/c1-4-22-18-10-15(7-8-17(18)21-3)12-20-13-16-6-5-9-19(16)11-14(20)2/h7-8,10,14,16H,4-6,9,11-13H2,1-3H3/t14-,16+/m0/s1. The molecule has 4 heteroatoms. The molecule has 0 aromatic heterocycles. The molecule has 2 heterocycles. The Hall–Kier alpha value is -1.26. The Labute approximate surface area is 134 Å². The summed E-state index contributed by atoms with van der Waals surface area (Å²) in [5.74, 6) is 1.67. The van der Waals surface area contributed by atoms with Crippen molar-refractivity contribution in [1.29, 1.82) is 0 Å². The number of nitrogens with zero attached hydrogens (tertiary/aromatic N) is 2. The molecule has 122 valence electrons. The number of ether oxygens (including phenoxy) is 2. The molecule has 22 heavy (non-hydrogen) atoms. The van der Waals surface area contributed by atoms with Crippen LogP contribution in [0.3, 0.4) is 0 Å². The van der Waals surface area contributed by atoms with E-state index in [2.05, 4.69) is 28.9 Å². The minimum Gasteiger partial charge on any atom is -0.493 e. The molecule has 0 N–H and O–H groups in total. The second kappa shape index (κ2) is 6.88. The predicted molar refractivity (Wildman–Crippen MR) is 88.6 cm³/mol. The highest BCUT2D eigenvalue weighted by Gasteiger charge is 2.34. The summed E-state index contributed by atoms with van der Waals surface area (Å²) < 4.78 is 11.1. The van der Waals surface area contributed by atoms with Gasteiger partial charge in [0.15, 0.2) is 11.5 Å². The van der Waals surface area contributed by atoms with Gasteiger partial charge in [0.2, 0.25) is 0 Å². The van der Waals surface area contributed by atoms with Gasteiger partial charge in [0.05, 0.1) is 13.7 Å². The highest BCUT2D eigenvalue weighted by atomic mass is 16.5. The fourth-order valence-corrected chi connectivity index (χ4v) is 3.79. The van der Waals surface area contributed by atoms with Crippen LogP contribution >= 0.6 is 0 Å². The molecular formula is C18H28N2O2. The van der Waals surface area contributed by atoms with Crippen LogP contribution in [-0.4, -0.2) is 55.2 Å². The first-order valence-electron chi connectivity index (χ1n) is 8.49. The lowest BCUT2D eigenvalue weighted by atomic mass is 10.1. The van der Waals surface area contributed by atoms with Gasteiger partial charge in [0.1, 0.15) is 0 Å². The van der Waals surface area contributed by atoms with Crippen molar-refractivity contribution in [2.45, 2.75) is 45.3 Å². The topological polar surface area (TPSA) is 24.9 Å². The zero-order chi connectivity index (χ0) is 15.5. The van der Waals surface area contributed by atoms with E-state index in [4.69, 9.17) is 9.47 Å². The molecule has 3 rings (SSSR count). The van der Waals surface area contributed by atoms with Gasteiger partial charge in [-0.15, -0.1) is 0 Å². The van der Waals surface area contributed by atoms with Gasteiger partial charge in [0.25, 0.3) is 0 Å². The summed E-state index contributed by atoms with van der Waals surface area (Å²) in [6, 6.07) is 7.70. The normalized spacial score (nSPS) is 26.0. The Morgan fingerprint density at radius 3 is 2.86 bits per heavy atom. The van der Waals surface area contributed by atoms with Gasteiger partial charge in [-0.1, -0.05) is 6.07 Å². The van der Waals surface area contributed by atoms with Crippen molar-refractivity contribution >= 4 is 0 Å². The number of methoxy groups -OCH3 is 1. The average molecular weight is 304 g/mol. The molecule has 2 aliphatic heterocycles. The lowest BCUT2D eigenvalue weighted by Gasteiger charge is -2.42. The first-order valence-corrected chi connectivity index (χ1v) is 8.49. The van der Waals surface area contributed by atoms with E-state index in [1.54, 1.807) is 7.11 Å². The van der Waals surface area contributed by atoms with Gasteiger partial charge in [-0.2, -0.15) is 0 Å². The number of hydrogen-bond acceptors (Lipinski definition) is 4. The molecule has 1 aromatic rings. The smallest absolute Gasteiger partial charge is 0.161 e. The maximum atomic E-state index is 5.70. The first-order chi connectivity index (χ1) is 10.7. The summed E-state index contributed by atoms with van der Waals surface area (Å²) in [5.41, 5.74) is 1.31. The Morgan fingerprint density at radius 2 is 2.09 bits per heavy atom. The zero-order valence-electron chi connectivity index (χ0n) is 14.0. The fraction of sp³-hybridized carbons (Fsp3) is 0.667. The van der Waals surface area contributed by atoms with E-state index in [0.29, 0.717) is 12.6 Å². The van der Waals surface area contributed by atoms with E-state index in [-0.39, 0.29) is 0 Å². The monoisotopic (exact) mass is 304 g/mol.